The van der Waals surface area contributed by atoms with Gasteiger partial charge in [-0.1, -0.05) is 18.2 Å². The quantitative estimate of drug-likeness (QED) is 0.638. The Hall–Kier alpha value is -3.13. The fraction of sp³-hybridized carbons (Fsp3) is 0.348. The molecule has 0 atom stereocenters. The van der Waals surface area contributed by atoms with Gasteiger partial charge in [-0.25, -0.2) is 13.9 Å². The smallest absolute Gasteiger partial charge is 0.272 e. The van der Waals surface area contributed by atoms with E-state index < -0.39 is 17.5 Å². The average Bonchev–Trinajstić information content (AvgIpc) is 3.55. The fourth-order valence-electron chi connectivity index (χ4n) is 3.98. The number of rotatable bonds is 6. The van der Waals surface area contributed by atoms with Gasteiger partial charge < -0.3 is 10.2 Å². The molecule has 1 saturated heterocycles. The van der Waals surface area contributed by atoms with Crippen LogP contribution in [0.15, 0.2) is 41.2 Å². The van der Waals surface area contributed by atoms with Gasteiger partial charge in [0.05, 0.1) is 16.6 Å². The van der Waals surface area contributed by atoms with Gasteiger partial charge in [-0.15, -0.1) is 0 Å². The molecule has 1 amide bonds. The summed E-state index contributed by atoms with van der Waals surface area (Å²) in [6.07, 6.45) is 2.53. The zero-order valence-electron chi connectivity index (χ0n) is 16.8. The number of nitrogens with one attached hydrogen (secondary N) is 2. The van der Waals surface area contributed by atoms with Crippen LogP contribution >= 0.6 is 0 Å². The monoisotopic (exact) mass is 424 g/mol. The molecule has 5 rings (SSSR count). The summed E-state index contributed by atoms with van der Waals surface area (Å²) in [6, 6.07) is 9.13. The predicted octanol–water partition coefficient (Wildman–Crippen LogP) is 2.62. The highest BCUT2D eigenvalue weighted by Crippen LogP contribution is 2.28. The first-order valence-electron chi connectivity index (χ1n) is 10.5. The first-order chi connectivity index (χ1) is 15.0. The molecule has 0 spiro atoms. The number of halogens is 2. The van der Waals surface area contributed by atoms with Crippen LogP contribution < -0.4 is 10.9 Å². The lowest BCUT2D eigenvalue weighted by Crippen LogP contribution is -2.60. The van der Waals surface area contributed by atoms with Crippen molar-refractivity contribution in [3.63, 3.8) is 0 Å². The van der Waals surface area contributed by atoms with E-state index in [2.05, 4.69) is 15.5 Å². The van der Waals surface area contributed by atoms with Crippen LogP contribution in [0.2, 0.25) is 0 Å². The van der Waals surface area contributed by atoms with Crippen LogP contribution in [0.5, 0.6) is 0 Å². The van der Waals surface area contributed by atoms with Gasteiger partial charge in [-0.3, -0.25) is 9.59 Å². The van der Waals surface area contributed by atoms with Crippen LogP contribution in [0, 0.1) is 17.6 Å². The Kier molecular flexibility index (Phi) is 5.02. The van der Waals surface area contributed by atoms with Crippen molar-refractivity contribution in [2.24, 2.45) is 5.92 Å². The van der Waals surface area contributed by atoms with Crippen molar-refractivity contribution >= 4 is 16.7 Å². The third-order valence-corrected chi connectivity index (χ3v) is 6.06. The highest BCUT2D eigenvalue weighted by atomic mass is 19.1. The number of fused-ring (bicyclic) bond motifs is 1. The molecule has 1 aromatic heterocycles. The summed E-state index contributed by atoms with van der Waals surface area (Å²) in [5, 5.41) is 10.9. The molecular weight excluding hydrogens is 402 g/mol. The van der Waals surface area contributed by atoms with Crippen LogP contribution in [0.1, 0.15) is 34.5 Å². The van der Waals surface area contributed by atoms with Crippen LogP contribution in [0.4, 0.5) is 8.78 Å². The van der Waals surface area contributed by atoms with Crippen LogP contribution in [-0.2, 0) is 6.42 Å². The molecule has 0 bridgehead atoms. The minimum atomic E-state index is -0.875. The lowest BCUT2D eigenvalue weighted by molar-refractivity contribution is 0.0561. The maximum absolute atomic E-state index is 14.5. The molecule has 1 aliphatic carbocycles. The number of benzene rings is 2. The number of H-pyrrole nitrogens is 1. The van der Waals surface area contributed by atoms with E-state index in [-0.39, 0.29) is 29.1 Å². The van der Waals surface area contributed by atoms with Crippen LogP contribution in [0.25, 0.3) is 10.8 Å². The summed E-state index contributed by atoms with van der Waals surface area (Å²) < 4.78 is 29.0. The Bertz CT molecular complexity index is 1220. The van der Waals surface area contributed by atoms with Gasteiger partial charge in [0, 0.05) is 37.0 Å². The molecule has 2 heterocycles. The maximum Gasteiger partial charge on any atom is 0.272 e. The second-order valence-electron chi connectivity index (χ2n) is 8.40. The van der Waals surface area contributed by atoms with E-state index in [9.17, 15) is 18.4 Å². The third-order valence-electron chi connectivity index (χ3n) is 6.06. The van der Waals surface area contributed by atoms with Gasteiger partial charge in [0.2, 0.25) is 0 Å². The van der Waals surface area contributed by atoms with E-state index in [1.54, 1.807) is 29.2 Å². The minimum Gasteiger partial charge on any atom is -0.335 e. The van der Waals surface area contributed by atoms with Gasteiger partial charge in [-0.2, -0.15) is 5.10 Å². The van der Waals surface area contributed by atoms with Gasteiger partial charge in [0.25, 0.3) is 11.5 Å². The molecule has 2 aromatic carbocycles. The number of carbonyl (C=O) groups is 1. The number of carbonyl (C=O) groups excluding carboxylic acids is 1. The molecule has 8 heteroatoms. The molecule has 2 fully saturated rings. The topological polar surface area (TPSA) is 78.1 Å². The Morgan fingerprint density at radius 1 is 1.13 bits per heavy atom. The summed E-state index contributed by atoms with van der Waals surface area (Å²) in [6.45, 7) is 2.00. The first kappa shape index (κ1) is 19.8. The highest BCUT2D eigenvalue weighted by molar-refractivity contribution is 5.95. The SMILES string of the molecule is O=C(c1cc(Cc2n[nH]c(=O)c3ccccc23)c(F)cc1F)N1CC(NCC2CC2)C1. The van der Waals surface area contributed by atoms with Gasteiger partial charge >= 0.3 is 0 Å². The van der Waals surface area contributed by atoms with E-state index in [0.29, 0.717) is 29.6 Å². The van der Waals surface area contributed by atoms with Crippen molar-refractivity contribution in [1.82, 2.24) is 20.4 Å². The van der Waals surface area contributed by atoms with Gasteiger partial charge in [0.15, 0.2) is 0 Å². The Morgan fingerprint density at radius 2 is 1.87 bits per heavy atom. The minimum absolute atomic E-state index is 0.0231. The molecule has 2 N–H and O–H groups in total. The van der Waals surface area contributed by atoms with Crippen molar-refractivity contribution in [3.8, 4) is 0 Å². The second kappa shape index (κ2) is 7.85. The lowest BCUT2D eigenvalue weighted by atomic mass is 10.00. The van der Waals surface area contributed by atoms with E-state index in [1.165, 1.54) is 18.9 Å². The predicted molar refractivity (Wildman–Crippen MR) is 112 cm³/mol. The van der Waals surface area contributed by atoms with Crippen molar-refractivity contribution in [2.45, 2.75) is 25.3 Å². The molecular formula is C23H22F2N4O2. The summed E-state index contributed by atoms with van der Waals surface area (Å²) >= 11 is 0. The number of hydrogen-bond donors (Lipinski definition) is 2. The summed E-state index contributed by atoms with van der Waals surface area (Å²) in [5.41, 5.74) is 0.119. The zero-order valence-corrected chi connectivity index (χ0v) is 16.8. The number of hydrogen-bond acceptors (Lipinski definition) is 4. The normalized spacial score (nSPS) is 16.5. The molecule has 1 aliphatic heterocycles. The van der Waals surface area contributed by atoms with Crippen molar-refractivity contribution in [1.29, 1.82) is 0 Å². The Labute approximate surface area is 177 Å². The summed E-state index contributed by atoms with van der Waals surface area (Å²) in [7, 11) is 0. The fourth-order valence-corrected chi connectivity index (χ4v) is 3.98. The summed E-state index contributed by atoms with van der Waals surface area (Å²) in [4.78, 5) is 26.3. The molecule has 0 radical (unpaired) electrons. The number of aromatic nitrogens is 2. The molecule has 3 aromatic rings. The largest absolute Gasteiger partial charge is 0.335 e. The summed E-state index contributed by atoms with van der Waals surface area (Å²) in [5.74, 6) is -1.32. The number of amides is 1. The molecule has 31 heavy (non-hydrogen) atoms. The average molecular weight is 424 g/mol. The van der Waals surface area contributed by atoms with E-state index in [0.717, 1.165) is 18.5 Å². The van der Waals surface area contributed by atoms with Crippen LogP contribution in [0.3, 0.4) is 0 Å². The van der Waals surface area contributed by atoms with Crippen molar-refractivity contribution in [3.05, 3.63) is 75.2 Å². The number of aromatic amines is 1. The molecule has 0 unspecified atom stereocenters. The van der Waals surface area contributed by atoms with E-state index in [4.69, 9.17) is 0 Å². The van der Waals surface area contributed by atoms with Crippen molar-refractivity contribution in [2.75, 3.05) is 19.6 Å². The number of likely N-dealkylation sites (tertiary alicyclic amines) is 1. The first-order valence-corrected chi connectivity index (χ1v) is 10.5. The van der Waals surface area contributed by atoms with Gasteiger partial charge in [0.1, 0.15) is 11.6 Å². The van der Waals surface area contributed by atoms with E-state index in [1.807, 2.05) is 0 Å². The van der Waals surface area contributed by atoms with Crippen molar-refractivity contribution < 1.29 is 13.6 Å². The Morgan fingerprint density at radius 3 is 2.61 bits per heavy atom. The zero-order chi connectivity index (χ0) is 21.5. The van der Waals surface area contributed by atoms with Crippen LogP contribution in [-0.4, -0.2) is 46.7 Å². The lowest BCUT2D eigenvalue weighted by Gasteiger charge is -2.40. The molecule has 1 saturated carbocycles. The molecule has 160 valence electrons. The third kappa shape index (κ3) is 3.95. The number of nitrogens with zero attached hydrogens (tertiary/aromatic N) is 2. The molecule has 6 nitrogen and oxygen atoms in total. The second-order valence-corrected chi connectivity index (χ2v) is 8.40. The highest BCUT2D eigenvalue weighted by Gasteiger charge is 2.33. The van der Waals surface area contributed by atoms with E-state index >= 15 is 0 Å². The maximum atomic E-state index is 14.5. The van der Waals surface area contributed by atoms with Gasteiger partial charge in [-0.05, 0) is 43.0 Å². The Balaban J connectivity index is 1.36. The molecule has 2 aliphatic rings. The standard InChI is InChI=1S/C23H22F2N4O2/c24-19-9-20(25)18(23(31)29-11-15(12-29)26-10-13-5-6-13)7-14(19)8-21-16-3-1-2-4-17(16)22(30)28-27-21/h1-4,7,9,13,15,26H,5-6,8,10-12H2,(H,28,30).